The molecule has 0 aliphatic heterocycles. The number of hydrogen-bond donors (Lipinski definition) is 1. The number of unbranched alkanes of at least 4 members (excludes halogenated alkanes) is 2. The van der Waals surface area contributed by atoms with Crippen LogP contribution in [0.2, 0.25) is 0 Å². The minimum Gasteiger partial charge on any atom is -0.465 e. The van der Waals surface area contributed by atoms with E-state index in [1.807, 2.05) is 0 Å². The fourth-order valence-corrected chi connectivity index (χ4v) is 1.85. The summed E-state index contributed by atoms with van der Waals surface area (Å²) < 4.78 is 4.74. The highest BCUT2D eigenvalue weighted by atomic mass is 16.5. The molecule has 0 aromatic carbocycles. The third-order valence-corrected chi connectivity index (χ3v) is 2.94. The van der Waals surface area contributed by atoms with Crippen molar-refractivity contribution in [2.24, 2.45) is 0 Å². The van der Waals surface area contributed by atoms with Crippen molar-refractivity contribution in [1.29, 1.82) is 0 Å². The molecule has 1 aromatic heterocycles. The van der Waals surface area contributed by atoms with Crippen LogP contribution in [0.15, 0.2) is 6.20 Å². The van der Waals surface area contributed by atoms with Crippen molar-refractivity contribution in [3.8, 4) is 0 Å². The maximum atomic E-state index is 11.6. The first-order valence-corrected chi connectivity index (χ1v) is 6.77. The van der Waals surface area contributed by atoms with Gasteiger partial charge in [-0.05, 0) is 20.3 Å². The van der Waals surface area contributed by atoms with Crippen LogP contribution in [0.3, 0.4) is 0 Å². The van der Waals surface area contributed by atoms with Gasteiger partial charge >= 0.3 is 5.97 Å². The molecule has 0 amide bonds. The highest BCUT2D eigenvalue weighted by Gasteiger charge is 2.15. The minimum absolute atomic E-state index is 0.268. The minimum atomic E-state index is -0.414. The molecule has 1 unspecified atom stereocenters. The Hall–Kier alpha value is -1.65. The third kappa shape index (κ3) is 4.85. The highest BCUT2D eigenvalue weighted by molar-refractivity contribution is 5.94. The van der Waals surface area contributed by atoms with E-state index >= 15 is 0 Å². The number of aryl methyl sites for hydroxylation is 1. The largest absolute Gasteiger partial charge is 0.465 e. The summed E-state index contributed by atoms with van der Waals surface area (Å²) in [5.74, 6) is 0.780. The molecule has 0 saturated carbocycles. The van der Waals surface area contributed by atoms with Gasteiger partial charge in [0.05, 0.1) is 7.11 Å². The second kappa shape index (κ2) is 7.71. The van der Waals surface area contributed by atoms with Gasteiger partial charge in [-0.15, -0.1) is 0 Å². The predicted molar refractivity (Wildman–Crippen MR) is 75.3 cm³/mol. The molecule has 106 valence electrons. The Labute approximate surface area is 114 Å². The summed E-state index contributed by atoms with van der Waals surface area (Å²) in [5, 5.41) is 3.27. The van der Waals surface area contributed by atoms with E-state index < -0.39 is 5.97 Å². The number of methoxy groups -OCH3 is 1. The zero-order valence-corrected chi connectivity index (χ0v) is 12.2. The normalized spacial score (nSPS) is 12.0. The molecule has 0 radical (unpaired) electrons. The molecule has 19 heavy (non-hydrogen) atoms. The van der Waals surface area contributed by atoms with Crippen molar-refractivity contribution < 1.29 is 9.53 Å². The van der Waals surface area contributed by atoms with Crippen molar-refractivity contribution in [2.45, 2.75) is 52.5 Å². The summed E-state index contributed by atoms with van der Waals surface area (Å²) in [5.41, 5.74) is 0.385. The molecular weight excluding hydrogens is 242 g/mol. The van der Waals surface area contributed by atoms with Crippen molar-refractivity contribution in [3.05, 3.63) is 17.6 Å². The molecule has 1 N–H and O–H groups in total. The van der Waals surface area contributed by atoms with Gasteiger partial charge in [-0.2, -0.15) is 0 Å². The van der Waals surface area contributed by atoms with Crippen LogP contribution < -0.4 is 5.32 Å². The Kier molecular flexibility index (Phi) is 6.25. The number of aromatic nitrogens is 2. The fourth-order valence-electron chi connectivity index (χ4n) is 1.85. The van der Waals surface area contributed by atoms with Gasteiger partial charge in [0.1, 0.15) is 17.2 Å². The van der Waals surface area contributed by atoms with Crippen LogP contribution in [0.4, 0.5) is 5.82 Å². The Morgan fingerprint density at radius 3 is 2.84 bits per heavy atom. The quantitative estimate of drug-likeness (QED) is 0.606. The van der Waals surface area contributed by atoms with Gasteiger partial charge in [0.15, 0.2) is 0 Å². The van der Waals surface area contributed by atoms with Gasteiger partial charge in [0.2, 0.25) is 0 Å². The molecule has 0 saturated heterocycles. The molecule has 1 atom stereocenters. The van der Waals surface area contributed by atoms with E-state index in [-0.39, 0.29) is 6.04 Å². The lowest BCUT2D eigenvalue weighted by Gasteiger charge is -2.16. The zero-order valence-electron chi connectivity index (χ0n) is 12.2. The van der Waals surface area contributed by atoms with E-state index in [1.165, 1.54) is 32.6 Å². The lowest BCUT2D eigenvalue weighted by Crippen LogP contribution is -2.19. The lowest BCUT2D eigenvalue weighted by atomic mass is 10.1. The van der Waals surface area contributed by atoms with Crippen LogP contribution in [0.1, 0.15) is 55.7 Å². The first kappa shape index (κ1) is 15.4. The van der Waals surface area contributed by atoms with Crippen molar-refractivity contribution >= 4 is 11.8 Å². The molecule has 0 aliphatic rings. The number of anilines is 1. The van der Waals surface area contributed by atoms with Crippen molar-refractivity contribution in [1.82, 2.24) is 9.97 Å². The summed E-state index contributed by atoms with van der Waals surface area (Å²) in [6, 6.07) is 0.268. The van der Waals surface area contributed by atoms with E-state index in [0.717, 1.165) is 6.42 Å². The van der Waals surface area contributed by atoms with Crippen LogP contribution in [-0.4, -0.2) is 29.1 Å². The molecule has 5 nitrogen and oxygen atoms in total. The molecule has 1 aromatic rings. The SMILES string of the molecule is CCCCCC(C)Nc1nc(C)ncc1C(=O)OC. The third-order valence-electron chi connectivity index (χ3n) is 2.94. The Balaban J connectivity index is 2.75. The molecule has 0 aliphatic carbocycles. The van der Waals surface area contributed by atoms with Crippen LogP contribution in [0.5, 0.6) is 0 Å². The first-order chi connectivity index (χ1) is 9.08. The van der Waals surface area contributed by atoms with E-state index in [0.29, 0.717) is 17.2 Å². The van der Waals surface area contributed by atoms with Crippen LogP contribution in [0, 0.1) is 6.92 Å². The smallest absolute Gasteiger partial charge is 0.343 e. The molecule has 1 rings (SSSR count). The van der Waals surface area contributed by atoms with Gasteiger partial charge in [-0.1, -0.05) is 26.2 Å². The fraction of sp³-hybridized carbons (Fsp3) is 0.643. The number of rotatable bonds is 7. The molecule has 5 heteroatoms. The number of hydrogen-bond acceptors (Lipinski definition) is 5. The van der Waals surface area contributed by atoms with E-state index in [1.54, 1.807) is 6.92 Å². The first-order valence-electron chi connectivity index (χ1n) is 6.77. The monoisotopic (exact) mass is 265 g/mol. The van der Waals surface area contributed by atoms with Gasteiger partial charge in [-0.3, -0.25) is 0 Å². The average molecular weight is 265 g/mol. The molecule has 0 bridgehead atoms. The topological polar surface area (TPSA) is 64.1 Å². The van der Waals surface area contributed by atoms with E-state index in [4.69, 9.17) is 4.74 Å². The lowest BCUT2D eigenvalue weighted by molar-refractivity contribution is 0.0601. The standard InChI is InChI=1S/C14H23N3O2/c1-5-6-7-8-10(2)16-13-12(14(18)19-4)9-15-11(3)17-13/h9-10H,5-8H2,1-4H3,(H,15,16,17). The maximum Gasteiger partial charge on any atom is 0.343 e. The Bertz CT molecular complexity index is 421. The van der Waals surface area contributed by atoms with Crippen LogP contribution >= 0.6 is 0 Å². The van der Waals surface area contributed by atoms with Crippen LogP contribution in [0.25, 0.3) is 0 Å². The highest BCUT2D eigenvalue weighted by Crippen LogP contribution is 2.16. The molecule has 0 fully saturated rings. The van der Waals surface area contributed by atoms with Gasteiger partial charge < -0.3 is 10.1 Å². The number of carbonyl (C=O) groups excluding carboxylic acids is 1. The molecule has 1 heterocycles. The number of nitrogens with one attached hydrogen (secondary N) is 1. The number of ether oxygens (including phenoxy) is 1. The predicted octanol–water partition coefficient (Wildman–Crippen LogP) is 2.95. The molecule has 0 spiro atoms. The Morgan fingerprint density at radius 1 is 1.47 bits per heavy atom. The van der Waals surface area contributed by atoms with E-state index in [9.17, 15) is 4.79 Å². The average Bonchev–Trinajstić information content (AvgIpc) is 2.38. The van der Waals surface area contributed by atoms with Gasteiger partial charge in [-0.25, -0.2) is 14.8 Å². The van der Waals surface area contributed by atoms with Gasteiger partial charge in [0.25, 0.3) is 0 Å². The van der Waals surface area contributed by atoms with Crippen LogP contribution in [-0.2, 0) is 4.74 Å². The van der Waals surface area contributed by atoms with Gasteiger partial charge in [0, 0.05) is 12.2 Å². The molecular formula is C14H23N3O2. The second-order valence-corrected chi connectivity index (χ2v) is 4.71. The van der Waals surface area contributed by atoms with Crippen molar-refractivity contribution in [2.75, 3.05) is 12.4 Å². The Morgan fingerprint density at radius 2 is 2.21 bits per heavy atom. The zero-order chi connectivity index (χ0) is 14.3. The number of carbonyl (C=O) groups is 1. The number of esters is 1. The van der Waals surface area contributed by atoms with E-state index in [2.05, 4.69) is 29.1 Å². The summed E-state index contributed by atoms with van der Waals surface area (Å²) in [7, 11) is 1.36. The summed E-state index contributed by atoms with van der Waals surface area (Å²) in [6.45, 7) is 6.07. The second-order valence-electron chi connectivity index (χ2n) is 4.71. The summed E-state index contributed by atoms with van der Waals surface area (Å²) in [4.78, 5) is 20.0. The number of nitrogens with zero attached hydrogens (tertiary/aromatic N) is 2. The van der Waals surface area contributed by atoms with Crippen molar-refractivity contribution in [3.63, 3.8) is 0 Å². The summed E-state index contributed by atoms with van der Waals surface area (Å²) in [6.07, 6.45) is 6.15. The maximum absolute atomic E-state index is 11.6. The summed E-state index contributed by atoms with van der Waals surface area (Å²) >= 11 is 0.